The van der Waals surface area contributed by atoms with E-state index in [2.05, 4.69) is 4.72 Å². The smallest absolute Gasteiger partial charge is 0.324 e. The first-order valence-corrected chi connectivity index (χ1v) is 8.59. The molecule has 0 radical (unpaired) electrons. The van der Waals surface area contributed by atoms with Crippen molar-refractivity contribution >= 4 is 21.7 Å². The van der Waals surface area contributed by atoms with Crippen molar-refractivity contribution in [2.75, 3.05) is 6.61 Å². The highest BCUT2D eigenvalue weighted by Crippen LogP contribution is 2.17. The second-order valence-corrected chi connectivity index (χ2v) is 7.02. The third-order valence-corrected chi connectivity index (χ3v) is 4.42. The van der Waals surface area contributed by atoms with Crippen LogP contribution in [0.2, 0.25) is 0 Å². The Hall–Kier alpha value is -2.00. The van der Waals surface area contributed by atoms with Gasteiger partial charge in [0.25, 0.3) is 5.69 Å². The van der Waals surface area contributed by atoms with Gasteiger partial charge in [0, 0.05) is 12.1 Å². The van der Waals surface area contributed by atoms with Crippen molar-refractivity contribution in [3.8, 4) is 0 Å². The number of esters is 1. The Morgan fingerprint density at radius 1 is 1.30 bits per heavy atom. The molecule has 0 bridgehead atoms. The van der Waals surface area contributed by atoms with Crippen molar-refractivity contribution in [1.29, 1.82) is 0 Å². The summed E-state index contributed by atoms with van der Waals surface area (Å²) in [4.78, 5) is 21.7. The standard InChI is InChI=1S/C14H20N2O6S/c1-4-22-14(17)13(9-10(2)3)15-23(20,21)12-7-5-11(6-8-12)16(18)19/h5-8,10,13,15H,4,9H2,1-3H3/t13-/m1/s1. The van der Waals surface area contributed by atoms with E-state index in [9.17, 15) is 23.3 Å². The van der Waals surface area contributed by atoms with Crippen LogP contribution in [0.15, 0.2) is 29.2 Å². The van der Waals surface area contributed by atoms with Crippen molar-refractivity contribution in [2.24, 2.45) is 5.92 Å². The van der Waals surface area contributed by atoms with Gasteiger partial charge in [-0.05, 0) is 31.4 Å². The van der Waals surface area contributed by atoms with Gasteiger partial charge in [0.05, 0.1) is 16.4 Å². The lowest BCUT2D eigenvalue weighted by atomic mass is 10.1. The highest BCUT2D eigenvalue weighted by atomic mass is 32.2. The number of nitro groups is 1. The van der Waals surface area contributed by atoms with Gasteiger partial charge < -0.3 is 4.74 Å². The van der Waals surface area contributed by atoms with E-state index < -0.39 is 27.0 Å². The quantitative estimate of drug-likeness (QED) is 0.437. The summed E-state index contributed by atoms with van der Waals surface area (Å²) in [5, 5.41) is 10.6. The van der Waals surface area contributed by atoms with Gasteiger partial charge in [-0.15, -0.1) is 0 Å². The summed E-state index contributed by atoms with van der Waals surface area (Å²) in [5.41, 5.74) is -0.215. The van der Waals surface area contributed by atoms with Gasteiger partial charge in [-0.25, -0.2) is 8.42 Å². The summed E-state index contributed by atoms with van der Waals surface area (Å²) in [6, 6.07) is 3.43. The molecule has 128 valence electrons. The number of nitrogens with zero attached hydrogens (tertiary/aromatic N) is 1. The Labute approximate surface area is 135 Å². The lowest BCUT2D eigenvalue weighted by molar-refractivity contribution is -0.384. The van der Waals surface area contributed by atoms with Crippen LogP contribution in [0.25, 0.3) is 0 Å². The van der Waals surface area contributed by atoms with Crippen LogP contribution in [0.4, 0.5) is 5.69 Å². The molecule has 0 unspecified atom stereocenters. The average molecular weight is 344 g/mol. The summed E-state index contributed by atoms with van der Waals surface area (Å²) in [6.07, 6.45) is 0.283. The minimum absolute atomic E-state index is 0.0731. The number of ether oxygens (including phenoxy) is 1. The molecule has 0 aliphatic carbocycles. The van der Waals surface area contributed by atoms with Crippen LogP contribution in [0, 0.1) is 16.0 Å². The van der Waals surface area contributed by atoms with Gasteiger partial charge in [-0.1, -0.05) is 13.8 Å². The number of rotatable bonds is 8. The van der Waals surface area contributed by atoms with E-state index in [1.807, 2.05) is 13.8 Å². The first kappa shape index (κ1) is 19.0. The summed E-state index contributed by atoms with van der Waals surface area (Å²) >= 11 is 0. The first-order chi connectivity index (χ1) is 10.7. The molecule has 1 aromatic carbocycles. The maximum absolute atomic E-state index is 12.3. The minimum Gasteiger partial charge on any atom is -0.465 e. The number of benzene rings is 1. The molecule has 0 aliphatic heterocycles. The van der Waals surface area contributed by atoms with Gasteiger partial charge >= 0.3 is 5.97 Å². The molecule has 0 aliphatic rings. The molecule has 0 saturated heterocycles. The van der Waals surface area contributed by atoms with Crippen LogP contribution in [-0.4, -0.2) is 32.0 Å². The average Bonchev–Trinajstić information content (AvgIpc) is 2.46. The zero-order chi connectivity index (χ0) is 17.6. The predicted molar refractivity (Wildman–Crippen MR) is 83.3 cm³/mol. The van der Waals surface area contributed by atoms with E-state index >= 15 is 0 Å². The van der Waals surface area contributed by atoms with Gasteiger partial charge in [-0.3, -0.25) is 14.9 Å². The Morgan fingerprint density at radius 2 is 1.87 bits per heavy atom. The van der Waals surface area contributed by atoms with Gasteiger partial charge in [0.1, 0.15) is 6.04 Å². The molecule has 8 nitrogen and oxygen atoms in total. The first-order valence-electron chi connectivity index (χ1n) is 7.10. The van der Waals surface area contributed by atoms with Crippen LogP contribution in [0.3, 0.4) is 0 Å². The third-order valence-electron chi connectivity index (χ3n) is 2.93. The number of hydrogen-bond donors (Lipinski definition) is 1. The van der Waals surface area contributed by atoms with Crippen LogP contribution in [-0.2, 0) is 19.6 Å². The fraction of sp³-hybridized carbons (Fsp3) is 0.500. The minimum atomic E-state index is -3.98. The van der Waals surface area contributed by atoms with Gasteiger partial charge in [0.15, 0.2) is 0 Å². The lowest BCUT2D eigenvalue weighted by Gasteiger charge is -2.19. The third kappa shape index (κ3) is 5.61. The zero-order valence-corrected chi connectivity index (χ0v) is 14.0. The molecule has 0 aromatic heterocycles. The largest absolute Gasteiger partial charge is 0.465 e. The van der Waals surface area contributed by atoms with Crippen molar-refractivity contribution in [1.82, 2.24) is 4.72 Å². The molecule has 0 fully saturated rings. The van der Waals surface area contributed by atoms with Crippen molar-refractivity contribution in [2.45, 2.75) is 38.1 Å². The number of nitro benzene ring substituents is 1. The van der Waals surface area contributed by atoms with Crippen LogP contribution >= 0.6 is 0 Å². The van der Waals surface area contributed by atoms with Gasteiger partial charge in [0.2, 0.25) is 10.0 Å². The zero-order valence-electron chi connectivity index (χ0n) is 13.2. The molecule has 0 saturated carbocycles. The van der Waals surface area contributed by atoms with E-state index in [1.165, 1.54) is 0 Å². The second kappa shape index (κ2) is 8.02. The Balaban J connectivity index is 3.00. The highest BCUT2D eigenvalue weighted by Gasteiger charge is 2.27. The number of carbonyl (C=O) groups is 1. The predicted octanol–water partition coefficient (Wildman–Crippen LogP) is 1.85. The van der Waals surface area contributed by atoms with Crippen LogP contribution in [0.5, 0.6) is 0 Å². The fourth-order valence-electron chi connectivity index (χ4n) is 1.91. The van der Waals surface area contributed by atoms with E-state index in [0.29, 0.717) is 0 Å². The molecule has 0 heterocycles. The van der Waals surface area contributed by atoms with Crippen molar-refractivity contribution in [3.05, 3.63) is 34.4 Å². The second-order valence-electron chi connectivity index (χ2n) is 5.31. The van der Waals surface area contributed by atoms with E-state index in [-0.39, 0.29) is 29.5 Å². The summed E-state index contributed by atoms with van der Waals surface area (Å²) in [5.74, 6) is -0.573. The monoisotopic (exact) mass is 344 g/mol. The molecule has 9 heteroatoms. The highest BCUT2D eigenvalue weighted by molar-refractivity contribution is 7.89. The van der Waals surface area contributed by atoms with Crippen LogP contribution in [0.1, 0.15) is 27.2 Å². The molecule has 1 atom stereocenters. The molecule has 0 spiro atoms. The molecular weight excluding hydrogens is 324 g/mol. The Morgan fingerprint density at radius 3 is 2.30 bits per heavy atom. The summed E-state index contributed by atoms with van der Waals surface area (Å²) in [6.45, 7) is 5.49. The maximum Gasteiger partial charge on any atom is 0.324 e. The lowest BCUT2D eigenvalue weighted by Crippen LogP contribution is -2.42. The van der Waals surface area contributed by atoms with Crippen LogP contribution < -0.4 is 4.72 Å². The van der Waals surface area contributed by atoms with E-state index in [1.54, 1.807) is 6.92 Å². The number of sulfonamides is 1. The topological polar surface area (TPSA) is 116 Å². The molecule has 0 amide bonds. The molecule has 1 N–H and O–H groups in total. The molecule has 1 aromatic rings. The molecular formula is C14H20N2O6S. The number of hydrogen-bond acceptors (Lipinski definition) is 6. The van der Waals surface area contributed by atoms with E-state index in [4.69, 9.17) is 4.74 Å². The maximum atomic E-state index is 12.3. The summed E-state index contributed by atoms with van der Waals surface area (Å²) in [7, 11) is -3.98. The van der Waals surface area contributed by atoms with E-state index in [0.717, 1.165) is 24.3 Å². The number of carbonyl (C=O) groups excluding carboxylic acids is 1. The molecule has 1 rings (SSSR count). The number of nitrogens with one attached hydrogen (secondary N) is 1. The fourth-order valence-corrected chi connectivity index (χ4v) is 3.11. The van der Waals surface area contributed by atoms with Crippen molar-refractivity contribution in [3.63, 3.8) is 0 Å². The number of non-ortho nitro benzene ring substituents is 1. The molecule has 23 heavy (non-hydrogen) atoms. The SMILES string of the molecule is CCOC(=O)[C@@H](CC(C)C)NS(=O)(=O)c1ccc([N+](=O)[O-])cc1. The normalized spacial score (nSPS) is 12.9. The van der Waals surface area contributed by atoms with Crippen molar-refractivity contribution < 1.29 is 22.9 Å². The summed E-state index contributed by atoms with van der Waals surface area (Å²) < 4.78 is 31.8. The Bertz CT molecular complexity index is 654. The Kier molecular flexibility index (Phi) is 6.64. The van der Waals surface area contributed by atoms with Gasteiger partial charge in [-0.2, -0.15) is 4.72 Å².